The molecule has 0 radical (unpaired) electrons. The molecular formula is C13H13F3N2O. The Labute approximate surface area is 109 Å². The summed E-state index contributed by atoms with van der Waals surface area (Å²) in [6.45, 7) is 1.17. The van der Waals surface area contributed by atoms with Crippen molar-refractivity contribution in [1.29, 1.82) is 5.26 Å². The minimum absolute atomic E-state index is 0.199. The Bertz CT molecular complexity index is 474. The second-order valence-corrected chi connectivity index (χ2v) is 4.15. The molecule has 0 aliphatic rings. The van der Waals surface area contributed by atoms with Crippen LogP contribution in [0.3, 0.4) is 0 Å². The summed E-state index contributed by atoms with van der Waals surface area (Å²) in [5.74, 6) is -0.518. The van der Waals surface area contributed by atoms with Gasteiger partial charge < -0.3 is 5.32 Å². The molecule has 102 valence electrons. The van der Waals surface area contributed by atoms with Gasteiger partial charge in [-0.05, 0) is 11.1 Å². The van der Waals surface area contributed by atoms with Crippen LogP contribution in [0.1, 0.15) is 30.5 Å². The molecule has 1 aromatic rings. The number of benzene rings is 1. The second kappa shape index (κ2) is 6.23. The number of nitrogens with zero attached hydrogens (tertiary/aromatic N) is 1. The van der Waals surface area contributed by atoms with Crippen LogP contribution < -0.4 is 5.32 Å². The minimum atomic E-state index is -4.36. The molecule has 0 aliphatic carbocycles. The first-order valence-corrected chi connectivity index (χ1v) is 5.61. The number of carbonyl (C=O) groups is 1. The van der Waals surface area contributed by atoms with Crippen molar-refractivity contribution in [3.63, 3.8) is 0 Å². The highest BCUT2D eigenvalue weighted by Crippen LogP contribution is 2.29. The number of amides is 1. The van der Waals surface area contributed by atoms with Crippen LogP contribution in [0.15, 0.2) is 24.3 Å². The summed E-state index contributed by atoms with van der Waals surface area (Å²) in [7, 11) is 0. The van der Waals surface area contributed by atoms with Gasteiger partial charge in [-0.1, -0.05) is 24.3 Å². The van der Waals surface area contributed by atoms with E-state index in [-0.39, 0.29) is 6.42 Å². The SMILES string of the molecule is CC(=O)N[C@@H](CC(F)(F)F)c1ccc(CC#N)cc1. The van der Waals surface area contributed by atoms with Gasteiger partial charge >= 0.3 is 6.18 Å². The molecule has 3 nitrogen and oxygen atoms in total. The van der Waals surface area contributed by atoms with Crippen LogP contribution in [0, 0.1) is 11.3 Å². The van der Waals surface area contributed by atoms with Crippen LogP contribution in [0.4, 0.5) is 13.2 Å². The second-order valence-electron chi connectivity index (χ2n) is 4.15. The number of nitriles is 1. The van der Waals surface area contributed by atoms with Crippen molar-refractivity contribution >= 4 is 5.91 Å². The maximum atomic E-state index is 12.4. The van der Waals surface area contributed by atoms with Gasteiger partial charge in [0, 0.05) is 6.92 Å². The van der Waals surface area contributed by atoms with Crippen molar-refractivity contribution in [2.75, 3.05) is 0 Å². The van der Waals surface area contributed by atoms with Crippen LogP contribution in [-0.2, 0) is 11.2 Å². The molecule has 19 heavy (non-hydrogen) atoms. The fourth-order valence-corrected chi connectivity index (χ4v) is 1.69. The Morgan fingerprint density at radius 2 is 1.95 bits per heavy atom. The molecule has 0 unspecified atom stereocenters. The minimum Gasteiger partial charge on any atom is -0.349 e. The number of hydrogen-bond donors (Lipinski definition) is 1. The highest BCUT2D eigenvalue weighted by molar-refractivity contribution is 5.73. The van der Waals surface area contributed by atoms with Gasteiger partial charge in [0.1, 0.15) is 0 Å². The lowest BCUT2D eigenvalue weighted by molar-refractivity contribution is -0.142. The number of halogens is 3. The zero-order valence-electron chi connectivity index (χ0n) is 10.3. The summed E-state index contributed by atoms with van der Waals surface area (Å²) >= 11 is 0. The Hall–Kier alpha value is -2.03. The molecule has 1 N–H and O–H groups in total. The van der Waals surface area contributed by atoms with E-state index in [1.807, 2.05) is 6.07 Å². The van der Waals surface area contributed by atoms with E-state index in [0.717, 1.165) is 5.56 Å². The van der Waals surface area contributed by atoms with Gasteiger partial charge in [0.25, 0.3) is 0 Å². The average molecular weight is 270 g/mol. The van der Waals surface area contributed by atoms with E-state index in [0.29, 0.717) is 5.56 Å². The highest BCUT2D eigenvalue weighted by Gasteiger charge is 2.33. The van der Waals surface area contributed by atoms with E-state index in [9.17, 15) is 18.0 Å². The monoisotopic (exact) mass is 270 g/mol. The van der Waals surface area contributed by atoms with E-state index in [1.54, 1.807) is 12.1 Å². The molecular weight excluding hydrogens is 257 g/mol. The molecule has 1 atom stereocenters. The lowest BCUT2D eigenvalue weighted by Gasteiger charge is -2.20. The Morgan fingerprint density at radius 1 is 1.37 bits per heavy atom. The molecule has 0 saturated heterocycles. The van der Waals surface area contributed by atoms with Crippen molar-refractivity contribution < 1.29 is 18.0 Å². The molecule has 0 bridgehead atoms. The van der Waals surface area contributed by atoms with Gasteiger partial charge in [-0.2, -0.15) is 18.4 Å². The number of rotatable bonds is 4. The summed E-state index contributed by atoms with van der Waals surface area (Å²) in [4.78, 5) is 11.0. The first-order chi connectivity index (χ1) is 8.81. The van der Waals surface area contributed by atoms with Crippen LogP contribution >= 0.6 is 0 Å². The first-order valence-electron chi connectivity index (χ1n) is 5.61. The molecule has 6 heteroatoms. The van der Waals surface area contributed by atoms with Crippen molar-refractivity contribution in [3.8, 4) is 6.07 Å². The van der Waals surface area contributed by atoms with Gasteiger partial charge in [-0.15, -0.1) is 0 Å². The van der Waals surface area contributed by atoms with E-state index < -0.39 is 24.5 Å². The van der Waals surface area contributed by atoms with E-state index >= 15 is 0 Å². The lowest BCUT2D eigenvalue weighted by Crippen LogP contribution is -2.30. The summed E-state index contributed by atoms with van der Waals surface area (Å²) < 4.78 is 37.3. The predicted octanol–water partition coefficient (Wildman–Crippen LogP) is 2.88. The Morgan fingerprint density at radius 3 is 2.37 bits per heavy atom. The van der Waals surface area contributed by atoms with E-state index in [2.05, 4.69) is 5.32 Å². The Kier molecular flexibility index (Phi) is 4.93. The number of carbonyl (C=O) groups excluding carboxylic acids is 1. The van der Waals surface area contributed by atoms with E-state index in [4.69, 9.17) is 5.26 Å². The fraction of sp³-hybridized carbons (Fsp3) is 0.385. The summed E-state index contributed by atoms with van der Waals surface area (Å²) in [5.41, 5.74) is 1.09. The standard InChI is InChI=1S/C13H13F3N2O/c1-9(19)18-12(8-13(14,15)16)11-4-2-10(3-5-11)6-7-17/h2-5,12H,6,8H2,1H3,(H,18,19)/t12-/m0/s1. The van der Waals surface area contributed by atoms with Gasteiger partial charge in [-0.25, -0.2) is 0 Å². The molecule has 0 aromatic heterocycles. The van der Waals surface area contributed by atoms with Crippen LogP contribution in [0.25, 0.3) is 0 Å². The normalized spacial score (nSPS) is 12.6. The fourth-order valence-electron chi connectivity index (χ4n) is 1.69. The maximum Gasteiger partial charge on any atom is 0.391 e. The average Bonchev–Trinajstić information content (AvgIpc) is 2.27. The molecule has 0 fully saturated rings. The lowest BCUT2D eigenvalue weighted by atomic mass is 10.0. The summed E-state index contributed by atoms with van der Waals surface area (Å²) in [6, 6.07) is 7.02. The smallest absolute Gasteiger partial charge is 0.349 e. The third-order valence-corrected chi connectivity index (χ3v) is 2.48. The third kappa shape index (κ3) is 5.42. The quantitative estimate of drug-likeness (QED) is 0.914. The van der Waals surface area contributed by atoms with Crippen LogP contribution in [0.2, 0.25) is 0 Å². The molecule has 1 aromatic carbocycles. The zero-order valence-corrected chi connectivity index (χ0v) is 10.3. The molecule has 0 saturated carbocycles. The third-order valence-electron chi connectivity index (χ3n) is 2.48. The predicted molar refractivity (Wildman–Crippen MR) is 63.0 cm³/mol. The molecule has 0 spiro atoms. The molecule has 1 rings (SSSR count). The van der Waals surface area contributed by atoms with Crippen molar-refractivity contribution in [2.24, 2.45) is 0 Å². The van der Waals surface area contributed by atoms with Crippen molar-refractivity contribution in [2.45, 2.75) is 32.0 Å². The van der Waals surface area contributed by atoms with Crippen molar-refractivity contribution in [3.05, 3.63) is 35.4 Å². The van der Waals surface area contributed by atoms with Gasteiger partial charge in [-0.3, -0.25) is 4.79 Å². The highest BCUT2D eigenvalue weighted by atomic mass is 19.4. The van der Waals surface area contributed by atoms with Crippen LogP contribution in [-0.4, -0.2) is 12.1 Å². The summed E-state index contributed by atoms with van der Waals surface area (Å²) in [5, 5.41) is 10.8. The topological polar surface area (TPSA) is 52.9 Å². The molecule has 0 heterocycles. The molecule has 0 aliphatic heterocycles. The van der Waals surface area contributed by atoms with E-state index in [1.165, 1.54) is 19.1 Å². The Balaban J connectivity index is 2.90. The zero-order chi connectivity index (χ0) is 14.5. The number of hydrogen-bond acceptors (Lipinski definition) is 2. The maximum absolute atomic E-state index is 12.4. The first kappa shape index (κ1) is 15.0. The largest absolute Gasteiger partial charge is 0.391 e. The summed E-state index contributed by atoms with van der Waals surface area (Å²) in [6.07, 6.45) is -5.28. The van der Waals surface area contributed by atoms with Gasteiger partial charge in [0.05, 0.1) is 25.0 Å². The van der Waals surface area contributed by atoms with Crippen molar-refractivity contribution in [1.82, 2.24) is 5.32 Å². The number of alkyl halides is 3. The number of nitrogens with one attached hydrogen (secondary N) is 1. The van der Waals surface area contributed by atoms with Crippen LogP contribution in [0.5, 0.6) is 0 Å². The molecule has 1 amide bonds. The van der Waals surface area contributed by atoms with Gasteiger partial charge in [0.2, 0.25) is 5.91 Å². The van der Waals surface area contributed by atoms with Gasteiger partial charge in [0.15, 0.2) is 0 Å².